The third-order valence-corrected chi connectivity index (χ3v) is 3.74. The van der Waals surface area contributed by atoms with E-state index in [1.807, 2.05) is 35.2 Å². The molecule has 2 fully saturated rings. The number of carbonyl (C=O) groups excluding carboxylic acids is 1. The van der Waals surface area contributed by atoms with Crippen LogP contribution in [0.15, 0.2) is 30.3 Å². The number of carboxylic acids is 1. The van der Waals surface area contributed by atoms with E-state index in [9.17, 15) is 9.90 Å². The highest BCUT2D eigenvalue weighted by Gasteiger charge is 2.42. The Balaban J connectivity index is 1.92. The normalized spacial score (nSPS) is 28.4. The van der Waals surface area contributed by atoms with Crippen LogP contribution in [-0.4, -0.2) is 36.2 Å². The largest absolute Gasteiger partial charge is 0.546 e. The van der Waals surface area contributed by atoms with Crippen molar-refractivity contribution in [1.29, 1.82) is 0 Å². The van der Waals surface area contributed by atoms with E-state index in [-0.39, 0.29) is 0 Å². The number of para-hydroxylation sites is 1. The van der Waals surface area contributed by atoms with Gasteiger partial charge in [0.25, 0.3) is 0 Å². The second kappa shape index (κ2) is 4.04. The number of fused-ring (bicyclic) bond motifs is 1. The van der Waals surface area contributed by atoms with Crippen molar-refractivity contribution in [2.75, 3.05) is 18.0 Å². The lowest BCUT2D eigenvalue weighted by Gasteiger charge is -2.31. The molecule has 0 radical (unpaired) electrons. The van der Waals surface area contributed by atoms with Gasteiger partial charge < -0.3 is 14.8 Å². The molecule has 2 aliphatic heterocycles. The third kappa shape index (κ3) is 1.69. The first-order valence-corrected chi connectivity index (χ1v) is 6.05. The van der Waals surface area contributed by atoms with Gasteiger partial charge in [0.15, 0.2) is 0 Å². The van der Waals surface area contributed by atoms with Gasteiger partial charge in [-0.2, -0.15) is 0 Å². The standard InChI is InChI=1S/C13H16N2O2/c16-13(17)12-14-8-4-7-11(14)9-15(12)10-5-2-1-3-6-10/h1-3,5-6,11-12H,4,7-9H2,(H,16,17)/p-1. The Morgan fingerprint density at radius 1 is 1.29 bits per heavy atom. The maximum atomic E-state index is 11.3. The van der Waals surface area contributed by atoms with Crippen LogP contribution in [0.5, 0.6) is 0 Å². The molecule has 2 unspecified atom stereocenters. The topological polar surface area (TPSA) is 46.6 Å². The Hall–Kier alpha value is -1.55. The van der Waals surface area contributed by atoms with Gasteiger partial charge in [-0.15, -0.1) is 0 Å². The summed E-state index contributed by atoms with van der Waals surface area (Å²) >= 11 is 0. The van der Waals surface area contributed by atoms with E-state index in [1.165, 1.54) is 0 Å². The van der Waals surface area contributed by atoms with Crippen LogP contribution in [0, 0.1) is 0 Å². The molecule has 17 heavy (non-hydrogen) atoms. The molecule has 4 heteroatoms. The summed E-state index contributed by atoms with van der Waals surface area (Å²) in [6.07, 6.45) is 1.59. The molecule has 1 aromatic rings. The van der Waals surface area contributed by atoms with Crippen molar-refractivity contribution in [1.82, 2.24) is 4.90 Å². The first-order valence-electron chi connectivity index (χ1n) is 6.05. The number of nitrogens with zero attached hydrogens (tertiary/aromatic N) is 2. The van der Waals surface area contributed by atoms with Crippen LogP contribution in [0.4, 0.5) is 5.69 Å². The van der Waals surface area contributed by atoms with Crippen LogP contribution in [0.3, 0.4) is 0 Å². The molecular formula is C13H15N2O2-. The smallest absolute Gasteiger partial charge is 0.123 e. The zero-order chi connectivity index (χ0) is 11.8. The van der Waals surface area contributed by atoms with E-state index in [4.69, 9.17) is 0 Å². The lowest BCUT2D eigenvalue weighted by Crippen LogP contribution is -2.51. The van der Waals surface area contributed by atoms with Crippen molar-refractivity contribution >= 4 is 11.7 Å². The molecule has 1 aromatic carbocycles. The Morgan fingerprint density at radius 3 is 2.76 bits per heavy atom. The van der Waals surface area contributed by atoms with Crippen LogP contribution in [0.2, 0.25) is 0 Å². The Morgan fingerprint density at radius 2 is 2.06 bits per heavy atom. The summed E-state index contributed by atoms with van der Waals surface area (Å²) in [6.45, 7) is 1.66. The first-order chi connectivity index (χ1) is 8.27. The maximum absolute atomic E-state index is 11.3. The Kier molecular flexibility index (Phi) is 2.52. The number of hydrogen-bond donors (Lipinski definition) is 0. The van der Waals surface area contributed by atoms with Gasteiger partial charge in [-0.25, -0.2) is 0 Å². The van der Waals surface area contributed by atoms with Crippen molar-refractivity contribution in [3.05, 3.63) is 30.3 Å². The molecule has 2 heterocycles. The van der Waals surface area contributed by atoms with Gasteiger partial charge in [0.05, 0.1) is 5.97 Å². The van der Waals surface area contributed by atoms with E-state index in [2.05, 4.69) is 4.90 Å². The highest BCUT2D eigenvalue weighted by molar-refractivity contribution is 5.77. The van der Waals surface area contributed by atoms with E-state index < -0.39 is 12.1 Å². The SMILES string of the molecule is O=C([O-])C1N(c2ccccc2)CC2CCCN21. The van der Waals surface area contributed by atoms with E-state index in [0.717, 1.165) is 31.6 Å². The molecule has 0 amide bonds. The average Bonchev–Trinajstić information content (AvgIpc) is 2.88. The van der Waals surface area contributed by atoms with Crippen LogP contribution in [0.25, 0.3) is 0 Å². The minimum Gasteiger partial charge on any atom is -0.546 e. The molecule has 0 aromatic heterocycles. The van der Waals surface area contributed by atoms with Gasteiger partial charge >= 0.3 is 0 Å². The highest BCUT2D eigenvalue weighted by Crippen LogP contribution is 2.32. The number of aliphatic carboxylic acids is 1. The van der Waals surface area contributed by atoms with Gasteiger partial charge in [0.2, 0.25) is 0 Å². The second-order valence-electron chi connectivity index (χ2n) is 4.71. The first kappa shape index (κ1) is 10.6. The molecule has 0 saturated carbocycles. The number of anilines is 1. The highest BCUT2D eigenvalue weighted by atomic mass is 16.4. The van der Waals surface area contributed by atoms with Gasteiger partial charge in [0.1, 0.15) is 6.17 Å². The van der Waals surface area contributed by atoms with E-state index >= 15 is 0 Å². The summed E-state index contributed by atoms with van der Waals surface area (Å²) < 4.78 is 0. The molecule has 2 atom stereocenters. The second-order valence-corrected chi connectivity index (χ2v) is 4.71. The zero-order valence-corrected chi connectivity index (χ0v) is 9.58. The fraction of sp³-hybridized carbons (Fsp3) is 0.462. The summed E-state index contributed by atoms with van der Waals surface area (Å²) in [5.74, 6) is -0.988. The number of benzene rings is 1. The summed E-state index contributed by atoms with van der Waals surface area (Å²) in [5.41, 5.74) is 0.969. The summed E-state index contributed by atoms with van der Waals surface area (Å²) in [5, 5.41) is 11.3. The van der Waals surface area contributed by atoms with Crippen LogP contribution >= 0.6 is 0 Å². The summed E-state index contributed by atoms with van der Waals surface area (Å²) in [7, 11) is 0. The van der Waals surface area contributed by atoms with Crippen molar-refractivity contribution in [3.8, 4) is 0 Å². The maximum Gasteiger partial charge on any atom is 0.123 e. The molecule has 90 valence electrons. The molecule has 0 aliphatic carbocycles. The van der Waals surface area contributed by atoms with E-state index in [0.29, 0.717) is 6.04 Å². The molecule has 3 rings (SSSR count). The predicted molar refractivity (Wildman–Crippen MR) is 62.3 cm³/mol. The molecule has 0 spiro atoms. The number of rotatable bonds is 2. The monoisotopic (exact) mass is 231 g/mol. The number of carbonyl (C=O) groups is 1. The van der Waals surface area contributed by atoms with Crippen molar-refractivity contribution in [2.24, 2.45) is 0 Å². The lowest BCUT2D eigenvalue weighted by molar-refractivity contribution is -0.310. The molecule has 4 nitrogen and oxygen atoms in total. The fourth-order valence-electron chi connectivity index (χ4n) is 3.01. The Labute approximate surface area is 100 Å². The van der Waals surface area contributed by atoms with E-state index in [1.54, 1.807) is 0 Å². The van der Waals surface area contributed by atoms with Gasteiger partial charge in [-0.1, -0.05) is 18.2 Å². The number of carboxylic acid groups (broad SMARTS) is 1. The minimum absolute atomic E-state index is 0.373. The molecule has 2 aliphatic rings. The van der Waals surface area contributed by atoms with Crippen LogP contribution < -0.4 is 10.0 Å². The number of hydrogen-bond acceptors (Lipinski definition) is 4. The third-order valence-electron chi connectivity index (χ3n) is 3.74. The fourth-order valence-corrected chi connectivity index (χ4v) is 3.01. The minimum atomic E-state index is -0.988. The predicted octanol–water partition coefficient (Wildman–Crippen LogP) is 0.0470. The van der Waals surface area contributed by atoms with Crippen molar-refractivity contribution < 1.29 is 9.90 Å². The van der Waals surface area contributed by atoms with Crippen molar-refractivity contribution in [2.45, 2.75) is 25.0 Å². The quantitative estimate of drug-likeness (QED) is 0.721. The van der Waals surface area contributed by atoms with Gasteiger partial charge in [0, 0.05) is 24.8 Å². The zero-order valence-electron chi connectivity index (χ0n) is 9.58. The molecular weight excluding hydrogens is 216 g/mol. The Bertz CT molecular complexity index is 421. The van der Waals surface area contributed by atoms with Gasteiger partial charge in [-0.3, -0.25) is 4.90 Å². The molecule has 0 bridgehead atoms. The van der Waals surface area contributed by atoms with Crippen LogP contribution in [0.1, 0.15) is 12.8 Å². The lowest BCUT2D eigenvalue weighted by atomic mass is 10.2. The summed E-state index contributed by atoms with van der Waals surface area (Å²) in [6, 6.07) is 10.1. The molecule has 0 N–H and O–H groups in total. The van der Waals surface area contributed by atoms with Crippen LogP contribution in [-0.2, 0) is 4.79 Å². The van der Waals surface area contributed by atoms with Gasteiger partial charge in [-0.05, 0) is 25.0 Å². The summed E-state index contributed by atoms with van der Waals surface area (Å²) in [4.78, 5) is 15.3. The molecule has 2 saturated heterocycles. The average molecular weight is 231 g/mol. The van der Waals surface area contributed by atoms with Crippen molar-refractivity contribution in [3.63, 3.8) is 0 Å².